The number of aromatic nitrogens is 1. The number of benzene rings is 1. The van der Waals surface area contributed by atoms with Gasteiger partial charge in [0.05, 0.1) is 5.69 Å². The molecule has 9 nitrogen and oxygen atoms in total. The second kappa shape index (κ2) is 7.04. The van der Waals surface area contributed by atoms with E-state index in [2.05, 4.69) is 26.5 Å². The van der Waals surface area contributed by atoms with E-state index in [0.717, 1.165) is 35.6 Å². The molecular formula is C18H19N5O4S. The highest BCUT2D eigenvalue weighted by molar-refractivity contribution is 7.17. The van der Waals surface area contributed by atoms with E-state index in [1.54, 1.807) is 0 Å². The predicted molar refractivity (Wildman–Crippen MR) is 101 cm³/mol. The minimum Gasteiger partial charge on any atom is -0.454 e. The van der Waals surface area contributed by atoms with Crippen LogP contribution in [0, 0.1) is 0 Å². The molecular weight excluding hydrogens is 382 g/mol. The predicted octanol–water partition coefficient (Wildman–Crippen LogP) is 1.09. The van der Waals surface area contributed by atoms with Gasteiger partial charge in [-0.3, -0.25) is 9.59 Å². The Balaban J connectivity index is 1.25. The smallest absolute Gasteiger partial charge is 0.263 e. The Morgan fingerprint density at radius 2 is 2.14 bits per heavy atom. The van der Waals surface area contributed by atoms with Gasteiger partial charge in [-0.2, -0.15) is 0 Å². The van der Waals surface area contributed by atoms with Crippen molar-refractivity contribution in [2.24, 2.45) is 0 Å². The van der Waals surface area contributed by atoms with Gasteiger partial charge in [0.25, 0.3) is 5.91 Å². The summed E-state index contributed by atoms with van der Waals surface area (Å²) in [6, 6.07) is 5.33. The monoisotopic (exact) mass is 401 g/mol. The van der Waals surface area contributed by atoms with Crippen LogP contribution in [0.15, 0.2) is 18.2 Å². The van der Waals surface area contributed by atoms with Gasteiger partial charge >= 0.3 is 0 Å². The fraction of sp³-hybridized carbons (Fsp3) is 0.389. The van der Waals surface area contributed by atoms with E-state index in [1.165, 1.54) is 11.3 Å². The number of carbonyl (C=O) groups excluding carboxylic acids is 2. The van der Waals surface area contributed by atoms with Crippen LogP contribution in [0.4, 0.5) is 5.13 Å². The summed E-state index contributed by atoms with van der Waals surface area (Å²) < 4.78 is 10.8. The van der Waals surface area contributed by atoms with Gasteiger partial charge < -0.3 is 20.1 Å². The van der Waals surface area contributed by atoms with E-state index in [-0.39, 0.29) is 24.6 Å². The van der Waals surface area contributed by atoms with Crippen LogP contribution in [-0.4, -0.2) is 36.2 Å². The van der Waals surface area contributed by atoms with Crippen molar-refractivity contribution in [2.45, 2.75) is 31.3 Å². The average molecular weight is 401 g/mol. The maximum atomic E-state index is 12.6. The zero-order valence-corrected chi connectivity index (χ0v) is 15.7. The third kappa shape index (κ3) is 3.19. The third-order valence-corrected chi connectivity index (χ3v) is 6.04. The first-order valence-electron chi connectivity index (χ1n) is 9.17. The molecule has 1 fully saturated rings. The Labute approximate surface area is 164 Å². The molecule has 0 aliphatic carbocycles. The van der Waals surface area contributed by atoms with Gasteiger partial charge in [0.2, 0.25) is 12.7 Å². The number of rotatable bonds is 3. The number of carbonyl (C=O) groups is 2. The molecule has 1 saturated heterocycles. The number of hydrogen-bond donors (Lipinski definition) is 4. The highest BCUT2D eigenvalue weighted by Gasteiger charge is 2.32. The lowest BCUT2D eigenvalue weighted by atomic mass is 10.0. The van der Waals surface area contributed by atoms with E-state index in [9.17, 15) is 9.59 Å². The van der Waals surface area contributed by atoms with Gasteiger partial charge in [0.1, 0.15) is 10.9 Å². The molecule has 0 radical (unpaired) electrons. The molecule has 0 spiro atoms. The number of fused-ring (bicyclic) bond motifs is 2. The fourth-order valence-electron chi connectivity index (χ4n) is 3.56. The van der Waals surface area contributed by atoms with Crippen molar-refractivity contribution >= 4 is 28.3 Å². The van der Waals surface area contributed by atoms with Crippen LogP contribution in [0.1, 0.15) is 39.8 Å². The SMILES string of the molecule is O=C1NCCCc2nc(NC(=O)C3CC(c4ccc5c(c4)OCO5)NN3)sc21. The largest absolute Gasteiger partial charge is 0.454 e. The number of ether oxygens (including phenoxy) is 2. The number of hydrazine groups is 1. The van der Waals surface area contributed by atoms with Crippen LogP contribution in [0.25, 0.3) is 0 Å². The molecule has 4 heterocycles. The molecule has 1 aromatic carbocycles. The van der Waals surface area contributed by atoms with Crippen LogP contribution in [-0.2, 0) is 11.2 Å². The number of hydrogen-bond acceptors (Lipinski definition) is 8. The van der Waals surface area contributed by atoms with Crippen molar-refractivity contribution in [3.8, 4) is 11.5 Å². The summed E-state index contributed by atoms with van der Waals surface area (Å²) in [5.41, 5.74) is 7.97. The molecule has 3 aliphatic rings. The lowest BCUT2D eigenvalue weighted by Gasteiger charge is -2.10. The first-order valence-corrected chi connectivity index (χ1v) is 9.98. The Kier molecular flexibility index (Phi) is 4.38. The van der Waals surface area contributed by atoms with Crippen molar-refractivity contribution in [3.63, 3.8) is 0 Å². The molecule has 146 valence electrons. The van der Waals surface area contributed by atoms with Gasteiger partial charge in [-0.25, -0.2) is 15.8 Å². The first-order chi connectivity index (χ1) is 13.7. The summed E-state index contributed by atoms with van der Waals surface area (Å²) in [4.78, 5) is 29.7. The number of nitrogens with zero attached hydrogens (tertiary/aromatic N) is 1. The second-order valence-electron chi connectivity index (χ2n) is 6.89. The molecule has 2 amide bonds. The normalized spacial score (nSPS) is 23.1. The fourth-order valence-corrected chi connectivity index (χ4v) is 4.49. The second-order valence-corrected chi connectivity index (χ2v) is 7.88. The molecule has 2 unspecified atom stereocenters. The summed E-state index contributed by atoms with van der Waals surface area (Å²) in [5.74, 6) is 1.15. The molecule has 0 saturated carbocycles. The highest BCUT2D eigenvalue weighted by Crippen LogP contribution is 2.36. The highest BCUT2D eigenvalue weighted by atomic mass is 32.1. The lowest BCUT2D eigenvalue weighted by Crippen LogP contribution is -2.39. The van der Waals surface area contributed by atoms with Gasteiger partial charge in [-0.1, -0.05) is 17.4 Å². The molecule has 3 aliphatic heterocycles. The molecule has 4 N–H and O–H groups in total. The topological polar surface area (TPSA) is 114 Å². The molecule has 2 atom stereocenters. The summed E-state index contributed by atoms with van der Waals surface area (Å²) in [7, 11) is 0. The quantitative estimate of drug-likeness (QED) is 0.609. The van der Waals surface area contributed by atoms with Crippen molar-refractivity contribution in [2.75, 3.05) is 18.7 Å². The number of nitrogens with one attached hydrogen (secondary N) is 4. The molecule has 28 heavy (non-hydrogen) atoms. The summed E-state index contributed by atoms with van der Waals surface area (Å²) in [5, 5.41) is 6.14. The Morgan fingerprint density at radius 3 is 3.07 bits per heavy atom. The minimum atomic E-state index is -0.409. The van der Waals surface area contributed by atoms with Crippen molar-refractivity contribution in [1.29, 1.82) is 0 Å². The maximum Gasteiger partial charge on any atom is 0.263 e. The van der Waals surface area contributed by atoms with E-state index in [0.29, 0.717) is 23.0 Å². The summed E-state index contributed by atoms with van der Waals surface area (Å²) >= 11 is 1.22. The van der Waals surface area contributed by atoms with Crippen LogP contribution < -0.4 is 31.0 Å². The van der Waals surface area contributed by atoms with Crippen LogP contribution in [0.3, 0.4) is 0 Å². The molecule has 1 aromatic heterocycles. The maximum absolute atomic E-state index is 12.6. The Bertz CT molecular complexity index is 946. The minimum absolute atomic E-state index is 0.0240. The van der Waals surface area contributed by atoms with Gasteiger partial charge in [0.15, 0.2) is 16.6 Å². The third-order valence-electron chi connectivity index (χ3n) is 5.03. The molecule has 10 heteroatoms. The number of anilines is 1. The van der Waals surface area contributed by atoms with E-state index in [1.807, 2.05) is 18.2 Å². The van der Waals surface area contributed by atoms with E-state index < -0.39 is 6.04 Å². The average Bonchev–Trinajstić information content (AvgIpc) is 3.41. The zero-order chi connectivity index (χ0) is 19.1. The van der Waals surface area contributed by atoms with E-state index >= 15 is 0 Å². The lowest BCUT2D eigenvalue weighted by molar-refractivity contribution is -0.117. The first kappa shape index (κ1) is 17.4. The summed E-state index contributed by atoms with van der Waals surface area (Å²) in [6.45, 7) is 0.887. The van der Waals surface area contributed by atoms with Crippen LogP contribution >= 0.6 is 11.3 Å². The molecule has 5 rings (SSSR count). The van der Waals surface area contributed by atoms with Crippen LogP contribution in [0.2, 0.25) is 0 Å². The van der Waals surface area contributed by atoms with E-state index in [4.69, 9.17) is 9.47 Å². The zero-order valence-electron chi connectivity index (χ0n) is 14.9. The van der Waals surface area contributed by atoms with Crippen molar-refractivity contribution in [1.82, 2.24) is 21.2 Å². The number of aryl methyl sites for hydroxylation is 1. The number of thiazole rings is 1. The van der Waals surface area contributed by atoms with Crippen molar-refractivity contribution in [3.05, 3.63) is 34.3 Å². The Hall–Kier alpha value is -2.69. The molecule has 2 aromatic rings. The van der Waals surface area contributed by atoms with Crippen LogP contribution in [0.5, 0.6) is 11.5 Å². The standard InChI is InChI=1S/C18H19N5O4S/c24-16(21-18-20-10-2-1-5-19-17(25)15(10)28-18)12-7-11(22-23-12)9-3-4-13-14(6-9)27-8-26-13/h3-4,6,11-12,22-23H,1-2,5,7-8H2,(H,19,25)(H,20,21,24). The van der Waals surface area contributed by atoms with Crippen molar-refractivity contribution < 1.29 is 19.1 Å². The van der Waals surface area contributed by atoms with Gasteiger partial charge in [-0.05, 0) is 37.0 Å². The molecule has 0 bridgehead atoms. The summed E-state index contributed by atoms with van der Waals surface area (Å²) in [6.07, 6.45) is 2.16. The number of amides is 2. The Morgan fingerprint density at radius 1 is 1.25 bits per heavy atom. The van der Waals surface area contributed by atoms with Gasteiger partial charge in [-0.15, -0.1) is 0 Å². The van der Waals surface area contributed by atoms with Gasteiger partial charge in [0, 0.05) is 12.6 Å².